The standard InChI is InChI=1S/C29H50O4/c1-7-18(16(2)3)14-24(31)17(4)19-8-9-20-26-21(10-12-28(19,20)5)29(6)13-11-23(30)27(33)22(29)15-25(26)32/h15-21,23-27,30-33H,7-14H2,1-6H3/t17-,18-,19?,20-,21-,23-,24+,25+,26-,27+,28+,29+/m0/s1. The normalized spacial score (nSPS) is 47.8. The summed E-state index contributed by atoms with van der Waals surface area (Å²) in [5.41, 5.74) is 0.909. The molecule has 0 aromatic carbocycles. The maximum atomic E-state index is 11.4. The molecule has 33 heavy (non-hydrogen) atoms. The quantitative estimate of drug-likeness (QED) is 0.422. The Bertz CT molecular complexity index is 733. The van der Waals surface area contributed by atoms with E-state index in [-0.39, 0.29) is 28.8 Å². The highest BCUT2D eigenvalue weighted by molar-refractivity contribution is 5.31. The van der Waals surface area contributed by atoms with Crippen molar-refractivity contribution >= 4 is 0 Å². The lowest BCUT2D eigenvalue weighted by atomic mass is 9.46. The second kappa shape index (κ2) is 9.22. The molecule has 4 aliphatic carbocycles. The van der Waals surface area contributed by atoms with Gasteiger partial charge in [0, 0.05) is 0 Å². The molecule has 0 aromatic heterocycles. The third-order valence-electron chi connectivity index (χ3n) is 11.5. The van der Waals surface area contributed by atoms with Gasteiger partial charge in [-0.1, -0.05) is 54.0 Å². The van der Waals surface area contributed by atoms with E-state index in [9.17, 15) is 20.4 Å². The third kappa shape index (κ3) is 4.05. The average Bonchev–Trinajstić information content (AvgIpc) is 3.12. The van der Waals surface area contributed by atoms with Crippen LogP contribution in [-0.2, 0) is 0 Å². The average molecular weight is 463 g/mol. The van der Waals surface area contributed by atoms with E-state index in [1.165, 1.54) is 0 Å². The van der Waals surface area contributed by atoms with E-state index in [4.69, 9.17) is 0 Å². The highest BCUT2D eigenvalue weighted by Crippen LogP contribution is 2.67. The summed E-state index contributed by atoms with van der Waals surface area (Å²) < 4.78 is 0. The van der Waals surface area contributed by atoms with Crippen molar-refractivity contribution in [2.75, 3.05) is 0 Å². The van der Waals surface area contributed by atoms with E-state index >= 15 is 0 Å². The molecule has 0 aliphatic heterocycles. The van der Waals surface area contributed by atoms with E-state index in [0.717, 1.165) is 50.5 Å². The highest BCUT2D eigenvalue weighted by Gasteiger charge is 2.62. The minimum absolute atomic E-state index is 0.126. The molecule has 0 aromatic rings. The molecule has 0 radical (unpaired) electrons. The molecule has 4 aliphatic rings. The summed E-state index contributed by atoms with van der Waals surface area (Å²) in [6.45, 7) is 13.8. The van der Waals surface area contributed by atoms with Crippen molar-refractivity contribution in [3.63, 3.8) is 0 Å². The van der Waals surface area contributed by atoms with Gasteiger partial charge >= 0.3 is 0 Å². The Morgan fingerprint density at radius 2 is 1.67 bits per heavy atom. The number of aliphatic hydroxyl groups excluding tert-OH is 4. The summed E-state index contributed by atoms with van der Waals surface area (Å²) in [6, 6.07) is 0. The SMILES string of the molecule is CC[C@@H](C[C@@H](O)[C@@H](C)C1CC[C@H]2[C@@H]3[C@H](O)C=C4[C@@H](O)[C@@H](O)CC[C@]4(C)[C@H]3CC[C@]12C)C(C)C. The fourth-order valence-electron chi connectivity index (χ4n) is 9.30. The van der Waals surface area contributed by atoms with Gasteiger partial charge in [-0.05, 0) is 103 Å². The molecular weight excluding hydrogens is 412 g/mol. The molecule has 1 unspecified atom stereocenters. The fraction of sp³-hybridized carbons (Fsp3) is 0.931. The third-order valence-corrected chi connectivity index (χ3v) is 11.5. The predicted molar refractivity (Wildman–Crippen MR) is 132 cm³/mol. The van der Waals surface area contributed by atoms with Crippen LogP contribution in [0, 0.1) is 52.3 Å². The Hall–Kier alpha value is -0.420. The molecule has 0 spiro atoms. The first-order valence-corrected chi connectivity index (χ1v) is 13.9. The van der Waals surface area contributed by atoms with E-state index < -0.39 is 18.3 Å². The highest BCUT2D eigenvalue weighted by atomic mass is 16.3. The van der Waals surface area contributed by atoms with Crippen LogP contribution in [0.5, 0.6) is 0 Å². The molecule has 4 nitrogen and oxygen atoms in total. The minimum Gasteiger partial charge on any atom is -0.393 e. The number of rotatable bonds is 6. The Morgan fingerprint density at radius 3 is 2.30 bits per heavy atom. The minimum atomic E-state index is -0.841. The van der Waals surface area contributed by atoms with Gasteiger partial charge in [-0.25, -0.2) is 0 Å². The van der Waals surface area contributed by atoms with Gasteiger partial charge in [-0.3, -0.25) is 0 Å². The van der Waals surface area contributed by atoms with Gasteiger partial charge in [0.1, 0.15) is 6.10 Å². The van der Waals surface area contributed by atoms with Crippen LogP contribution in [0.2, 0.25) is 0 Å². The second-order valence-corrected chi connectivity index (χ2v) is 13.2. The van der Waals surface area contributed by atoms with Crippen LogP contribution < -0.4 is 0 Å². The zero-order valence-electron chi connectivity index (χ0n) is 21.9. The van der Waals surface area contributed by atoms with Gasteiger partial charge in [0.2, 0.25) is 0 Å². The van der Waals surface area contributed by atoms with E-state index in [1.54, 1.807) is 0 Å². The van der Waals surface area contributed by atoms with E-state index in [2.05, 4.69) is 41.5 Å². The zero-order chi connectivity index (χ0) is 24.3. The van der Waals surface area contributed by atoms with Gasteiger partial charge in [-0.15, -0.1) is 0 Å². The van der Waals surface area contributed by atoms with Crippen LogP contribution >= 0.6 is 0 Å². The lowest BCUT2D eigenvalue weighted by molar-refractivity contribution is -0.116. The van der Waals surface area contributed by atoms with Crippen molar-refractivity contribution in [3.05, 3.63) is 11.6 Å². The first-order valence-electron chi connectivity index (χ1n) is 13.9. The van der Waals surface area contributed by atoms with Gasteiger partial charge in [0.05, 0.1) is 18.3 Å². The molecule has 4 rings (SSSR count). The summed E-state index contributed by atoms with van der Waals surface area (Å²) in [5.74, 6) is 2.97. The van der Waals surface area contributed by atoms with Crippen molar-refractivity contribution in [1.29, 1.82) is 0 Å². The lowest BCUT2D eigenvalue weighted by Gasteiger charge is -2.60. The van der Waals surface area contributed by atoms with Crippen LogP contribution in [-0.4, -0.2) is 44.8 Å². The van der Waals surface area contributed by atoms with Crippen molar-refractivity contribution in [3.8, 4) is 0 Å². The fourth-order valence-corrected chi connectivity index (χ4v) is 9.30. The van der Waals surface area contributed by atoms with Gasteiger partial charge in [0.25, 0.3) is 0 Å². The lowest BCUT2D eigenvalue weighted by Crippen LogP contribution is -2.57. The zero-order valence-corrected chi connectivity index (χ0v) is 21.9. The monoisotopic (exact) mass is 462 g/mol. The summed E-state index contributed by atoms with van der Waals surface area (Å²) in [6.07, 6.45) is 7.57. The molecule has 4 heteroatoms. The molecule has 3 saturated carbocycles. The second-order valence-electron chi connectivity index (χ2n) is 13.2. The first kappa shape index (κ1) is 25.7. The van der Waals surface area contributed by atoms with Crippen molar-refractivity contribution in [2.24, 2.45) is 52.3 Å². The maximum Gasteiger partial charge on any atom is 0.101 e. The van der Waals surface area contributed by atoms with E-state index in [0.29, 0.717) is 36.0 Å². The molecular formula is C29H50O4. The predicted octanol–water partition coefficient (Wildman–Crippen LogP) is 4.94. The van der Waals surface area contributed by atoms with Crippen LogP contribution in [0.15, 0.2) is 11.6 Å². The summed E-state index contributed by atoms with van der Waals surface area (Å²) in [5, 5.41) is 43.6. The number of aliphatic hydroxyl groups is 4. The summed E-state index contributed by atoms with van der Waals surface area (Å²) in [7, 11) is 0. The largest absolute Gasteiger partial charge is 0.393 e. The van der Waals surface area contributed by atoms with Crippen molar-refractivity contribution in [2.45, 2.75) is 117 Å². The number of hydrogen-bond donors (Lipinski definition) is 4. The van der Waals surface area contributed by atoms with Gasteiger partial charge < -0.3 is 20.4 Å². The smallest absolute Gasteiger partial charge is 0.101 e. The number of fused-ring (bicyclic) bond motifs is 5. The molecule has 4 N–H and O–H groups in total. The van der Waals surface area contributed by atoms with Crippen molar-refractivity contribution in [1.82, 2.24) is 0 Å². The van der Waals surface area contributed by atoms with Gasteiger partial charge in [-0.2, -0.15) is 0 Å². The van der Waals surface area contributed by atoms with Crippen LogP contribution in [0.4, 0.5) is 0 Å². The van der Waals surface area contributed by atoms with Crippen molar-refractivity contribution < 1.29 is 20.4 Å². The summed E-state index contributed by atoms with van der Waals surface area (Å²) in [4.78, 5) is 0. The first-order chi connectivity index (χ1) is 15.5. The summed E-state index contributed by atoms with van der Waals surface area (Å²) >= 11 is 0. The Kier molecular flexibility index (Phi) is 7.17. The van der Waals surface area contributed by atoms with Gasteiger partial charge in [0.15, 0.2) is 0 Å². The molecule has 3 fully saturated rings. The molecule has 0 heterocycles. The number of hydrogen-bond acceptors (Lipinski definition) is 4. The van der Waals surface area contributed by atoms with Crippen LogP contribution in [0.1, 0.15) is 92.9 Å². The Balaban J connectivity index is 1.57. The Morgan fingerprint density at radius 1 is 0.970 bits per heavy atom. The van der Waals surface area contributed by atoms with E-state index in [1.807, 2.05) is 6.08 Å². The molecule has 12 atom stereocenters. The van der Waals surface area contributed by atoms with Crippen LogP contribution in [0.3, 0.4) is 0 Å². The Labute approximate surface area is 201 Å². The molecule has 0 bridgehead atoms. The topological polar surface area (TPSA) is 80.9 Å². The molecule has 190 valence electrons. The van der Waals surface area contributed by atoms with Crippen LogP contribution in [0.25, 0.3) is 0 Å². The molecule has 0 amide bonds. The maximum absolute atomic E-state index is 11.4. The molecule has 0 saturated heterocycles.